The third kappa shape index (κ3) is 8.50. The number of nitrogens with one attached hydrogen (secondary N) is 2. The molecule has 38 heavy (non-hydrogen) atoms. The van der Waals surface area contributed by atoms with Crippen LogP contribution >= 0.6 is 0 Å². The summed E-state index contributed by atoms with van der Waals surface area (Å²) in [5, 5.41) is 15.4. The Balaban J connectivity index is 2.61. The van der Waals surface area contributed by atoms with Crippen molar-refractivity contribution in [3.63, 3.8) is 0 Å². The van der Waals surface area contributed by atoms with Crippen LogP contribution in [0, 0.1) is 13.8 Å². The van der Waals surface area contributed by atoms with Gasteiger partial charge in [-0.25, -0.2) is 4.79 Å². The highest BCUT2D eigenvalue weighted by Crippen LogP contribution is 2.30. The van der Waals surface area contributed by atoms with Gasteiger partial charge in [0.2, 0.25) is 11.8 Å². The minimum atomic E-state index is -1.02. The second kappa shape index (κ2) is 12.8. The molecule has 208 valence electrons. The van der Waals surface area contributed by atoms with E-state index in [9.17, 15) is 19.5 Å². The molecule has 0 saturated heterocycles. The highest BCUT2D eigenvalue weighted by Gasteiger charge is 2.39. The van der Waals surface area contributed by atoms with E-state index in [2.05, 4.69) is 10.6 Å². The molecule has 0 bridgehead atoms. The van der Waals surface area contributed by atoms with E-state index in [-0.39, 0.29) is 30.2 Å². The summed E-state index contributed by atoms with van der Waals surface area (Å²) in [4.78, 5) is 42.4. The predicted octanol–water partition coefficient (Wildman–Crippen LogP) is 4.95. The Morgan fingerprint density at radius 2 is 1.47 bits per heavy atom. The van der Waals surface area contributed by atoms with E-state index in [0.717, 1.165) is 22.3 Å². The number of benzene rings is 2. The molecule has 3 N–H and O–H groups in total. The smallest absolute Gasteiger partial charge is 0.408 e. The maximum atomic E-state index is 14.3. The number of aryl methyl sites for hydroxylation is 2. The normalized spacial score (nSPS) is 13.1. The summed E-state index contributed by atoms with van der Waals surface area (Å²) in [6.45, 7) is 16.5. The second-order valence-electron chi connectivity index (χ2n) is 11.3. The number of ether oxygens (including phenoxy) is 1. The van der Waals surface area contributed by atoms with Crippen LogP contribution in [0.25, 0.3) is 0 Å². The molecule has 0 fully saturated rings. The van der Waals surface area contributed by atoms with Gasteiger partial charge in [0, 0.05) is 18.5 Å². The van der Waals surface area contributed by atoms with Crippen molar-refractivity contribution in [3.05, 3.63) is 64.7 Å². The summed E-state index contributed by atoms with van der Waals surface area (Å²) in [5.41, 5.74) is 2.51. The fourth-order valence-corrected chi connectivity index (χ4v) is 4.40. The number of rotatable bonds is 9. The van der Waals surface area contributed by atoms with Crippen LogP contribution in [0.1, 0.15) is 76.8 Å². The van der Waals surface area contributed by atoms with Crippen molar-refractivity contribution >= 4 is 17.9 Å². The summed E-state index contributed by atoms with van der Waals surface area (Å²) < 4.78 is 5.46. The van der Waals surface area contributed by atoms with Gasteiger partial charge in [0.15, 0.2) is 0 Å². The van der Waals surface area contributed by atoms with Gasteiger partial charge >= 0.3 is 6.09 Å². The Morgan fingerprint density at radius 3 is 1.95 bits per heavy atom. The fourth-order valence-electron chi connectivity index (χ4n) is 4.40. The fraction of sp³-hybridized carbons (Fsp3) is 0.500. The van der Waals surface area contributed by atoms with E-state index in [0.29, 0.717) is 0 Å². The molecule has 0 heterocycles. The second-order valence-corrected chi connectivity index (χ2v) is 11.3. The molecule has 2 unspecified atom stereocenters. The van der Waals surface area contributed by atoms with E-state index in [1.807, 2.05) is 59.7 Å². The maximum absolute atomic E-state index is 14.3. The van der Waals surface area contributed by atoms with Crippen molar-refractivity contribution in [1.82, 2.24) is 15.5 Å². The van der Waals surface area contributed by atoms with Gasteiger partial charge in [0.1, 0.15) is 23.4 Å². The van der Waals surface area contributed by atoms with Crippen molar-refractivity contribution in [1.29, 1.82) is 0 Å². The van der Waals surface area contributed by atoms with E-state index >= 15 is 0 Å². The Labute approximate surface area is 226 Å². The quantitative estimate of drug-likeness (QED) is 0.429. The van der Waals surface area contributed by atoms with Crippen LogP contribution in [0.5, 0.6) is 5.75 Å². The topological polar surface area (TPSA) is 108 Å². The Morgan fingerprint density at radius 1 is 0.921 bits per heavy atom. The van der Waals surface area contributed by atoms with Crippen molar-refractivity contribution in [2.45, 2.75) is 98.5 Å². The first-order chi connectivity index (χ1) is 17.6. The molecule has 0 aliphatic heterocycles. The van der Waals surface area contributed by atoms with Crippen LogP contribution in [0.3, 0.4) is 0 Å². The van der Waals surface area contributed by atoms with Gasteiger partial charge < -0.3 is 25.4 Å². The SMILES string of the molecule is Cc1cccc(C)c1C(C(=O)NC(C)C)N(C(=O)C(Cc1ccc(O)cc1)NC(=O)OC(C)(C)C)C(C)C. The first kappa shape index (κ1) is 30.7. The summed E-state index contributed by atoms with van der Waals surface area (Å²) in [6.07, 6.45) is -0.582. The highest BCUT2D eigenvalue weighted by molar-refractivity contribution is 5.93. The van der Waals surface area contributed by atoms with Crippen LogP contribution in [-0.4, -0.2) is 51.6 Å². The van der Waals surface area contributed by atoms with Crippen LogP contribution in [0.4, 0.5) is 4.79 Å². The average Bonchev–Trinajstić information content (AvgIpc) is 2.77. The van der Waals surface area contributed by atoms with Crippen molar-refractivity contribution < 1.29 is 24.2 Å². The van der Waals surface area contributed by atoms with E-state index in [1.165, 1.54) is 12.1 Å². The number of phenols is 1. The lowest BCUT2D eigenvalue weighted by Crippen LogP contribution is -2.56. The van der Waals surface area contributed by atoms with Gasteiger partial charge in [-0.3, -0.25) is 9.59 Å². The lowest BCUT2D eigenvalue weighted by Gasteiger charge is -2.38. The first-order valence-corrected chi connectivity index (χ1v) is 13.1. The third-order valence-electron chi connectivity index (χ3n) is 5.95. The van der Waals surface area contributed by atoms with E-state index in [1.54, 1.807) is 37.8 Å². The van der Waals surface area contributed by atoms with Gasteiger partial charge in [-0.1, -0.05) is 30.3 Å². The van der Waals surface area contributed by atoms with E-state index in [4.69, 9.17) is 4.74 Å². The molecule has 0 spiro atoms. The maximum Gasteiger partial charge on any atom is 0.408 e. The molecule has 2 aromatic carbocycles. The number of hydrogen-bond donors (Lipinski definition) is 3. The zero-order chi connectivity index (χ0) is 28.8. The standard InChI is InChI=1S/C30H43N3O5/c1-18(2)31-27(35)26(25-20(5)11-10-12-21(25)6)33(19(3)4)28(36)24(32-29(37)38-30(7,8)9)17-22-13-15-23(34)16-14-22/h10-16,18-19,24,26,34H,17H2,1-9H3,(H,31,35)(H,32,37). The summed E-state index contributed by atoms with van der Waals surface area (Å²) in [5.74, 6) is -0.605. The molecule has 0 saturated carbocycles. The Hall–Kier alpha value is -3.55. The lowest BCUT2D eigenvalue weighted by atomic mass is 9.92. The molecule has 2 rings (SSSR count). The molecule has 0 radical (unpaired) electrons. The summed E-state index contributed by atoms with van der Waals surface area (Å²) in [7, 11) is 0. The van der Waals surface area contributed by atoms with Crippen LogP contribution in [0.15, 0.2) is 42.5 Å². The predicted molar refractivity (Wildman–Crippen MR) is 149 cm³/mol. The van der Waals surface area contributed by atoms with Gasteiger partial charge in [0.25, 0.3) is 0 Å². The summed E-state index contributed by atoms with van der Waals surface area (Å²) in [6, 6.07) is 9.79. The van der Waals surface area contributed by atoms with Gasteiger partial charge in [0.05, 0.1) is 0 Å². The monoisotopic (exact) mass is 525 g/mol. The molecule has 8 heteroatoms. The number of phenolic OH excluding ortho intramolecular Hbond substituents is 1. The number of carbonyl (C=O) groups excluding carboxylic acids is 3. The van der Waals surface area contributed by atoms with Crippen molar-refractivity contribution in [2.75, 3.05) is 0 Å². The van der Waals surface area contributed by atoms with Gasteiger partial charge in [-0.15, -0.1) is 0 Å². The number of alkyl carbamates (subject to hydrolysis) is 1. The summed E-state index contributed by atoms with van der Waals surface area (Å²) >= 11 is 0. The van der Waals surface area contributed by atoms with Gasteiger partial charge in [-0.2, -0.15) is 0 Å². The number of carbonyl (C=O) groups is 3. The molecule has 3 amide bonds. The number of amides is 3. The van der Waals surface area contributed by atoms with E-state index < -0.39 is 29.7 Å². The molecule has 0 aliphatic rings. The Kier molecular flexibility index (Phi) is 10.3. The van der Waals surface area contributed by atoms with Crippen LogP contribution in [-0.2, 0) is 20.7 Å². The van der Waals surface area contributed by atoms with Gasteiger partial charge in [-0.05, 0) is 96.7 Å². The number of aromatic hydroxyl groups is 1. The molecule has 8 nitrogen and oxygen atoms in total. The molecule has 0 aromatic heterocycles. The van der Waals surface area contributed by atoms with Crippen molar-refractivity contribution in [3.8, 4) is 5.75 Å². The van der Waals surface area contributed by atoms with Crippen LogP contribution in [0.2, 0.25) is 0 Å². The average molecular weight is 526 g/mol. The highest BCUT2D eigenvalue weighted by atomic mass is 16.6. The first-order valence-electron chi connectivity index (χ1n) is 13.1. The largest absolute Gasteiger partial charge is 0.508 e. The molecule has 2 atom stereocenters. The minimum Gasteiger partial charge on any atom is -0.508 e. The molecule has 2 aromatic rings. The molecular formula is C30H43N3O5. The van der Waals surface area contributed by atoms with Crippen molar-refractivity contribution in [2.24, 2.45) is 0 Å². The third-order valence-corrected chi connectivity index (χ3v) is 5.95. The Bertz CT molecular complexity index is 1100. The lowest BCUT2D eigenvalue weighted by molar-refractivity contribution is -0.144. The minimum absolute atomic E-state index is 0.0981. The number of hydrogen-bond acceptors (Lipinski definition) is 5. The number of nitrogens with zero attached hydrogens (tertiary/aromatic N) is 1. The molecular weight excluding hydrogens is 482 g/mol. The molecule has 0 aliphatic carbocycles. The zero-order valence-electron chi connectivity index (χ0n) is 24.1. The van der Waals surface area contributed by atoms with Crippen LogP contribution < -0.4 is 10.6 Å². The zero-order valence-corrected chi connectivity index (χ0v) is 24.1.